The van der Waals surface area contributed by atoms with Gasteiger partial charge in [-0.2, -0.15) is 10.5 Å². The second-order valence-corrected chi connectivity index (χ2v) is 5.26. The monoisotopic (exact) mass is 299 g/mol. The van der Waals surface area contributed by atoms with Gasteiger partial charge in [-0.3, -0.25) is 4.57 Å². The zero-order valence-corrected chi connectivity index (χ0v) is 12.5. The van der Waals surface area contributed by atoms with Gasteiger partial charge in [-0.15, -0.1) is 0 Å². The number of halogens is 1. The van der Waals surface area contributed by atoms with E-state index in [-0.39, 0.29) is 11.4 Å². The number of rotatable bonds is 4. The maximum atomic E-state index is 9.16. The quantitative estimate of drug-likeness (QED) is 0.941. The highest BCUT2D eigenvalue weighted by Crippen LogP contribution is 2.24. The molecule has 2 aromatic rings. The normalized spacial score (nSPS) is 10.4. The second kappa shape index (κ2) is 6.41. The van der Waals surface area contributed by atoms with Crippen LogP contribution in [-0.2, 0) is 6.54 Å². The molecule has 0 aliphatic carbocycles. The summed E-state index contributed by atoms with van der Waals surface area (Å²) in [5.41, 5.74) is 1.97. The minimum absolute atomic E-state index is 0.0964. The van der Waals surface area contributed by atoms with Crippen molar-refractivity contribution in [3.63, 3.8) is 0 Å². The van der Waals surface area contributed by atoms with Crippen molar-refractivity contribution in [2.24, 2.45) is 0 Å². The molecule has 0 spiro atoms. The van der Waals surface area contributed by atoms with Crippen molar-refractivity contribution in [1.29, 1.82) is 10.5 Å². The highest BCUT2D eigenvalue weighted by Gasteiger charge is 2.13. The number of imidazole rings is 1. The summed E-state index contributed by atoms with van der Waals surface area (Å²) in [4.78, 5) is 3.91. The third-order valence-electron chi connectivity index (χ3n) is 2.97. The van der Waals surface area contributed by atoms with Crippen LogP contribution in [0.2, 0.25) is 5.02 Å². The molecule has 21 heavy (non-hydrogen) atoms. The molecule has 0 bridgehead atoms. The third kappa shape index (κ3) is 3.22. The van der Waals surface area contributed by atoms with E-state index >= 15 is 0 Å². The number of hydrogen-bond acceptors (Lipinski definition) is 4. The van der Waals surface area contributed by atoms with Gasteiger partial charge in [0.15, 0.2) is 11.4 Å². The molecule has 0 aliphatic rings. The fourth-order valence-corrected chi connectivity index (χ4v) is 2.19. The predicted molar refractivity (Wildman–Crippen MR) is 80.0 cm³/mol. The molecule has 2 rings (SSSR count). The Hall–Kier alpha value is -2.34. The molecule has 0 radical (unpaired) electrons. The zero-order valence-electron chi connectivity index (χ0n) is 11.8. The van der Waals surface area contributed by atoms with Gasteiger partial charge < -0.3 is 5.32 Å². The Kier molecular flexibility index (Phi) is 4.59. The van der Waals surface area contributed by atoms with Gasteiger partial charge in [0, 0.05) is 12.6 Å². The average Bonchev–Trinajstić information content (AvgIpc) is 2.87. The molecule has 0 fully saturated rings. The topological polar surface area (TPSA) is 77.4 Å². The number of aromatic nitrogens is 2. The lowest BCUT2D eigenvalue weighted by Gasteiger charge is -2.11. The molecular formula is C15H14ClN5. The van der Waals surface area contributed by atoms with Gasteiger partial charge in [0.1, 0.15) is 18.5 Å². The van der Waals surface area contributed by atoms with Gasteiger partial charge in [-0.25, -0.2) is 4.98 Å². The van der Waals surface area contributed by atoms with Crippen LogP contribution in [0.4, 0.5) is 0 Å². The van der Waals surface area contributed by atoms with Crippen LogP contribution in [0.3, 0.4) is 0 Å². The van der Waals surface area contributed by atoms with E-state index in [1.807, 2.05) is 30.3 Å². The molecule has 106 valence electrons. The number of hydrogen-bond donors (Lipinski definition) is 1. The maximum absolute atomic E-state index is 9.16. The number of nitriles is 2. The van der Waals surface area contributed by atoms with Crippen molar-refractivity contribution in [3.8, 4) is 17.8 Å². The first-order valence-corrected chi connectivity index (χ1v) is 6.84. The largest absolute Gasteiger partial charge is 0.310 e. The first-order chi connectivity index (χ1) is 10.1. The van der Waals surface area contributed by atoms with Crippen molar-refractivity contribution in [2.45, 2.75) is 26.4 Å². The van der Waals surface area contributed by atoms with Gasteiger partial charge in [0.25, 0.3) is 0 Å². The van der Waals surface area contributed by atoms with Gasteiger partial charge in [0.05, 0.1) is 10.7 Å². The fourth-order valence-electron chi connectivity index (χ4n) is 1.90. The lowest BCUT2D eigenvalue weighted by Crippen LogP contribution is -2.21. The van der Waals surface area contributed by atoms with E-state index in [0.29, 0.717) is 16.8 Å². The molecule has 1 N–H and O–H groups in total. The Morgan fingerprint density at radius 2 is 2.10 bits per heavy atom. The summed E-state index contributed by atoms with van der Waals surface area (Å²) in [6, 6.07) is 9.87. The standard InChI is InChI=1S/C15H14ClN5/c1-10(2)19-8-11-3-4-14(12(16)5-11)21-9-20-13(6-17)15(21)7-18/h3-5,9-10,19H,8H2,1-2H3. The summed E-state index contributed by atoms with van der Waals surface area (Å²) in [6.07, 6.45) is 1.43. The van der Waals surface area contributed by atoms with Crippen molar-refractivity contribution >= 4 is 11.6 Å². The van der Waals surface area contributed by atoms with Crippen molar-refractivity contribution in [2.75, 3.05) is 0 Å². The summed E-state index contributed by atoms with van der Waals surface area (Å²) in [7, 11) is 0. The third-order valence-corrected chi connectivity index (χ3v) is 3.27. The Morgan fingerprint density at radius 3 is 2.67 bits per heavy atom. The molecule has 0 saturated carbocycles. The Balaban J connectivity index is 2.36. The summed E-state index contributed by atoms with van der Waals surface area (Å²) >= 11 is 6.29. The molecule has 0 amide bonds. The predicted octanol–water partition coefficient (Wildman–Crippen LogP) is 2.77. The first kappa shape index (κ1) is 15.1. The maximum Gasteiger partial charge on any atom is 0.177 e. The van der Waals surface area contributed by atoms with Crippen molar-refractivity contribution < 1.29 is 0 Å². The highest BCUT2D eigenvalue weighted by atomic mass is 35.5. The van der Waals surface area contributed by atoms with E-state index in [9.17, 15) is 0 Å². The van der Waals surface area contributed by atoms with Gasteiger partial charge in [0.2, 0.25) is 0 Å². The summed E-state index contributed by atoms with van der Waals surface area (Å²) in [5, 5.41) is 21.9. The van der Waals surface area contributed by atoms with E-state index in [1.165, 1.54) is 10.9 Å². The minimum atomic E-state index is 0.0964. The molecule has 1 aromatic carbocycles. The van der Waals surface area contributed by atoms with Crippen LogP contribution >= 0.6 is 11.6 Å². The van der Waals surface area contributed by atoms with E-state index in [0.717, 1.165) is 12.1 Å². The smallest absolute Gasteiger partial charge is 0.177 e. The molecule has 5 nitrogen and oxygen atoms in total. The van der Waals surface area contributed by atoms with Gasteiger partial charge in [-0.05, 0) is 17.7 Å². The first-order valence-electron chi connectivity index (χ1n) is 6.46. The van der Waals surface area contributed by atoms with Gasteiger partial charge >= 0.3 is 0 Å². The highest BCUT2D eigenvalue weighted by molar-refractivity contribution is 6.32. The van der Waals surface area contributed by atoms with Crippen molar-refractivity contribution in [3.05, 3.63) is 46.5 Å². The molecule has 1 heterocycles. The van der Waals surface area contributed by atoms with E-state index < -0.39 is 0 Å². The van der Waals surface area contributed by atoms with Crippen LogP contribution in [0.15, 0.2) is 24.5 Å². The van der Waals surface area contributed by atoms with Crippen LogP contribution in [-0.4, -0.2) is 15.6 Å². The van der Waals surface area contributed by atoms with Crippen LogP contribution in [0.1, 0.15) is 30.8 Å². The van der Waals surface area contributed by atoms with Crippen LogP contribution in [0, 0.1) is 22.7 Å². The fraction of sp³-hybridized carbons (Fsp3) is 0.267. The van der Waals surface area contributed by atoms with Gasteiger partial charge in [-0.1, -0.05) is 31.5 Å². The van der Waals surface area contributed by atoms with E-state index in [4.69, 9.17) is 22.1 Å². The zero-order chi connectivity index (χ0) is 15.4. The SMILES string of the molecule is CC(C)NCc1ccc(-n2cnc(C#N)c2C#N)c(Cl)c1. The summed E-state index contributed by atoms with van der Waals surface area (Å²) in [5.74, 6) is 0. The van der Waals surface area contributed by atoms with Crippen molar-refractivity contribution in [1.82, 2.24) is 14.9 Å². The molecular weight excluding hydrogens is 286 g/mol. The molecule has 0 atom stereocenters. The Bertz CT molecular complexity index is 733. The molecule has 0 unspecified atom stereocenters. The summed E-state index contributed by atoms with van der Waals surface area (Å²) in [6.45, 7) is 4.87. The lowest BCUT2D eigenvalue weighted by atomic mass is 10.2. The minimum Gasteiger partial charge on any atom is -0.310 e. The molecule has 0 aliphatic heterocycles. The molecule has 1 aromatic heterocycles. The average molecular weight is 300 g/mol. The summed E-state index contributed by atoms with van der Waals surface area (Å²) < 4.78 is 1.53. The molecule has 0 saturated heterocycles. The van der Waals surface area contributed by atoms with Crippen LogP contribution in [0.5, 0.6) is 0 Å². The van der Waals surface area contributed by atoms with Crippen LogP contribution < -0.4 is 5.32 Å². The Labute approximate surface area is 128 Å². The number of nitrogens with one attached hydrogen (secondary N) is 1. The lowest BCUT2D eigenvalue weighted by molar-refractivity contribution is 0.589. The number of benzene rings is 1. The Morgan fingerprint density at radius 1 is 1.33 bits per heavy atom. The van der Waals surface area contributed by atoms with E-state index in [2.05, 4.69) is 24.1 Å². The molecule has 6 heteroatoms. The van der Waals surface area contributed by atoms with E-state index in [1.54, 1.807) is 0 Å². The second-order valence-electron chi connectivity index (χ2n) is 4.86. The number of nitrogens with zero attached hydrogens (tertiary/aromatic N) is 4. The van der Waals surface area contributed by atoms with Crippen LogP contribution in [0.25, 0.3) is 5.69 Å².